The van der Waals surface area contributed by atoms with Crippen molar-refractivity contribution in [2.45, 2.75) is 41.1 Å². The Balaban J connectivity index is 1.53. The fraction of sp³-hybridized carbons (Fsp3) is 0.381. The lowest BCUT2D eigenvalue weighted by Gasteiger charge is -2.30. The van der Waals surface area contributed by atoms with Crippen LogP contribution in [0.5, 0.6) is 0 Å². The molecule has 6 unspecified atom stereocenters. The third kappa shape index (κ3) is 2.06. The molecule has 3 aliphatic rings. The van der Waals surface area contributed by atoms with Gasteiger partial charge in [-0.25, -0.2) is 10.9 Å². The molecule has 6 atom stereocenters. The number of benzene rings is 2. The van der Waals surface area contributed by atoms with Crippen molar-refractivity contribution in [1.29, 1.82) is 0 Å². The van der Waals surface area contributed by atoms with Gasteiger partial charge in [0.1, 0.15) is 11.0 Å². The van der Waals surface area contributed by atoms with Gasteiger partial charge < -0.3 is 0 Å². The highest BCUT2D eigenvalue weighted by atomic mass is 35.5. The van der Waals surface area contributed by atoms with Crippen LogP contribution in [0.3, 0.4) is 0 Å². The van der Waals surface area contributed by atoms with Crippen LogP contribution in [-0.2, 0) is 4.79 Å². The molecule has 2 aliphatic carbocycles. The fourth-order valence-corrected chi connectivity index (χ4v) is 6.32. The molecule has 2 spiro atoms. The van der Waals surface area contributed by atoms with Crippen molar-refractivity contribution in [2.24, 2.45) is 5.41 Å². The van der Waals surface area contributed by atoms with E-state index in [1.165, 1.54) is 0 Å². The van der Waals surface area contributed by atoms with E-state index in [0.29, 0.717) is 0 Å². The Morgan fingerprint density at radius 2 is 1.42 bits per heavy atom. The van der Waals surface area contributed by atoms with Crippen LogP contribution >= 0.6 is 23.2 Å². The lowest BCUT2D eigenvalue weighted by Crippen LogP contribution is -2.51. The number of alkyl halides is 2. The number of hydrogen-bond acceptors (Lipinski definition) is 3. The number of Topliss-reactive ketones (excluding diaryl/α,β-unsaturated/α-hetero) is 1. The van der Waals surface area contributed by atoms with Gasteiger partial charge in [-0.05, 0) is 24.0 Å². The highest BCUT2D eigenvalue weighted by Gasteiger charge is 2.77. The molecule has 134 valence electrons. The Hall–Kier alpha value is -1.39. The maximum Gasteiger partial charge on any atom is 0.163 e. The molecule has 0 bridgehead atoms. The summed E-state index contributed by atoms with van der Waals surface area (Å²) < 4.78 is 0. The summed E-state index contributed by atoms with van der Waals surface area (Å²) in [7, 11) is 0. The zero-order valence-electron chi connectivity index (χ0n) is 14.2. The van der Waals surface area contributed by atoms with E-state index < -0.39 is 11.0 Å². The van der Waals surface area contributed by atoms with Gasteiger partial charge in [0, 0.05) is 11.8 Å². The first kappa shape index (κ1) is 16.8. The lowest BCUT2D eigenvalue weighted by molar-refractivity contribution is -0.127. The van der Waals surface area contributed by atoms with Gasteiger partial charge in [0.25, 0.3) is 0 Å². The topological polar surface area (TPSA) is 41.1 Å². The van der Waals surface area contributed by atoms with Crippen molar-refractivity contribution in [1.82, 2.24) is 10.9 Å². The van der Waals surface area contributed by atoms with Crippen LogP contribution in [0, 0.1) is 5.41 Å². The predicted octanol–water partition coefficient (Wildman–Crippen LogP) is 3.94. The molecule has 2 N–H and O–H groups in total. The van der Waals surface area contributed by atoms with E-state index in [2.05, 4.69) is 35.1 Å². The molecule has 1 saturated heterocycles. The highest BCUT2D eigenvalue weighted by Crippen LogP contribution is 2.71. The molecular formula is C21H20Cl2N2O. The minimum Gasteiger partial charge on any atom is -0.297 e. The van der Waals surface area contributed by atoms with Crippen molar-refractivity contribution < 1.29 is 4.79 Å². The molecule has 5 heteroatoms. The normalized spacial score (nSPS) is 41.2. The zero-order chi connectivity index (χ0) is 17.9. The van der Waals surface area contributed by atoms with Crippen molar-refractivity contribution >= 4 is 29.0 Å². The second-order valence-electron chi connectivity index (χ2n) is 7.69. The summed E-state index contributed by atoms with van der Waals surface area (Å²) in [6, 6.07) is 20.2. The molecule has 0 amide bonds. The van der Waals surface area contributed by atoms with Crippen LogP contribution in [-0.4, -0.2) is 22.2 Å². The minimum absolute atomic E-state index is 0.0878. The van der Waals surface area contributed by atoms with Gasteiger partial charge in [0.2, 0.25) is 0 Å². The number of carbonyl (C=O) groups is 1. The summed E-state index contributed by atoms with van der Waals surface area (Å²) in [5, 5.41) is -0.149. The molecule has 0 radical (unpaired) electrons. The van der Waals surface area contributed by atoms with Gasteiger partial charge in [0.05, 0.1) is 10.8 Å². The summed E-state index contributed by atoms with van der Waals surface area (Å²) in [6.45, 7) is 0. The number of ketones is 1. The molecule has 1 heterocycles. The van der Waals surface area contributed by atoms with Gasteiger partial charge >= 0.3 is 0 Å². The van der Waals surface area contributed by atoms with E-state index in [4.69, 9.17) is 23.2 Å². The number of rotatable bonds is 2. The Morgan fingerprint density at radius 1 is 0.846 bits per heavy atom. The van der Waals surface area contributed by atoms with E-state index in [-0.39, 0.29) is 28.5 Å². The van der Waals surface area contributed by atoms with Crippen LogP contribution < -0.4 is 10.9 Å². The molecule has 2 aromatic carbocycles. The molecule has 0 aromatic heterocycles. The smallest absolute Gasteiger partial charge is 0.163 e. The second kappa shape index (κ2) is 5.80. The van der Waals surface area contributed by atoms with Gasteiger partial charge in [-0.1, -0.05) is 60.7 Å². The summed E-state index contributed by atoms with van der Waals surface area (Å²) in [6.07, 6.45) is 1.54. The molecule has 3 fully saturated rings. The predicted molar refractivity (Wildman–Crippen MR) is 103 cm³/mol. The molecule has 2 aromatic rings. The standard InChI is InChI=1S/C21H20Cl2N2O/c22-17-15(13-7-3-1-4-8-13)20(17)11-12-21(19(20)26)16(18(23)24-25-21)14-9-5-2-6-10-14/h1-10,15-18,24-25H,11-12H2. The third-order valence-corrected chi connectivity index (χ3v) is 7.57. The van der Waals surface area contributed by atoms with Gasteiger partial charge in [-0.15, -0.1) is 23.2 Å². The van der Waals surface area contributed by atoms with E-state index in [1.54, 1.807) is 0 Å². The number of halogens is 2. The first-order chi connectivity index (χ1) is 12.6. The summed E-state index contributed by atoms with van der Waals surface area (Å²) in [5.41, 5.74) is 7.13. The van der Waals surface area contributed by atoms with Crippen molar-refractivity contribution in [3.63, 3.8) is 0 Å². The largest absolute Gasteiger partial charge is 0.297 e. The van der Waals surface area contributed by atoms with Crippen LogP contribution in [0.2, 0.25) is 0 Å². The Kier molecular flexibility index (Phi) is 3.74. The zero-order valence-corrected chi connectivity index (χ0v) is 15.7. The molecule has 3 nitrogen and oxygen atoms in total. The first-order valence-corrected chi connectivity index (χ1v) is 9.94. The highest BCUT2D eigenvalue weighted by molar-refractivity contribution is 6.28. The Morgan fingerprint density at radius 3 is 2.04 bits per heavy atom. The SMILES string of the molecule is O=C1C2(CCC13C(Cl)C3c1ccccc1)NNC(Cl)C2c1ccccc1. The quantitative estimate of drug-likeness (QED) is 0.606. The van der Waals surface area contributed by atoms with Gasteiger partial charge in [0.15, 0.2) is 5.78 Å². The molecule has 1 aliphatic heterocycles. The first-order valence-electron chi connectivity index (χ1n) is 9.07. The van der Waals surface area contributed by atoms with Crippen LogP contribution in [0.15, 0.2) is 60.7 Å². The number of hydrogen-bond donors (Lipinski definition) is 2. The maximum absolute atomic E-state index is 13.8. The Labute approximate surface area is 163 Å². The number of carbonyl (C=O) groups excluding carboxylic acids is 1. The second-order valence-corrected chi connectivity index (χ2v) is 8.63. The minimum atomic E-state index is -0.690. The molecular weight excluding hydrogens is 367 g/mol. The monoisotopic (exact) mass is 386 g/mol. The molecule has 5 rings (SSSR count). The van der Waals surface area contributed by atoms with E-state index >= 15 is 0 Å². The number of nitrogens with one attached hydrogen (secondary N) is 2. The average molecular weight is 387 g/mol. The summed E-state index contributed by atoms with van der Waals surface area (Å²) in [4.78, 5) is 13.8. The van der Waals surface area contributed by atoms with Crippen LogP contribution in [0.1, 0.15) is 35.8 Å². The maximum atomic E-state index is 13.8. The Bertz CT molecular complexity index is 846. The lowest BCUT2D eigenvalue weighted by atomic mass is 9.77. The van der Waals surface area contributed by atoms with Crippen molar-refractivity contribution in [3.8, 4) is 0 Å². The fourth-order valence-electron chi connectivity index (χ4n) is 5.26. The van der Waals surface area contributed by atoms with Crippen LogP contribution in [0.25, 0.3) is 0 Å². The summed E-state index contributed by atoms with van der Waals surface area (Å²) >= 11 is 13.3. The number of hydrazine groups is 1. The van der Waals surface area contributed by atoms with Gasteiger partial charge in [-0.3, -0.25) is 4.79 Å². The van der Waals surface area contributed by atoms with E-state index in [0.717, 1.165) is 24.0 Å². The van der Waals surface area contributed by atoms with Gasteiger partial charge in [-0.2, -0.15) is 0 Å². The van der Waals surface area contributed by atoms with E-state index in [9.17, 15) is 4.79 Å². The third-order valence-electron chi connectivity index (χ3n) is 6.57. The van der Waals surface area contributed by atoms with Crippen LogP contribution in [0.4, 0.5) is 0 Å². The molecule has 2 saturated carbocycles. The van der Waals surface area contributed by atoms with E-state index in [1.807, 2.05) is 36.4 Å². The average Bonchev–Trinajstić information content (AvgIpc) is 2.96. The van der Waals surface area contributed by atoms with Crippen molar-refractivity contribution in [3.05, 3.63) is 71.8 Å². The van der Waals surface area contributed by atoms with Crippen molar-refractivity contribution in [2.75, 3.05) is 0 Å². The summed E-state index contributed by atoms with van der Waals surface area (Å²) in [5.74, 6) is 0.186. The molecule has 26 heavy (non-hydrogen) atoms.